The number of benzene rings is 3. The third-order valence-corrected chi connectivity index (χ3v) is 5.38. The van der Waals surface area contributed by atoms with Crippen LogP contribution < -0.4 is 0 Å². The zero-order chi connectivity index (χ0) is 19.7. The number of non-ortho nitro benzene ring substituents is 1. The molecule has 28 heavy (non-hydrogen) atoms. The van der Waals surface area contributed by atoms with Gasteiger partial charge in [-0.3, -0.25) is 24.6 Å². The number of nitrogens with zero attached hydrogens (tertiary/aromatic N) is 2. The number of nitro benzene ring substituents is 1. The molecule has 0 aliphatic carbocycles. The Morgan fingerprint density at radius 2 is 1.68 bits per heavy atom. The Morgan fingerprint density at radius 3 is 2.43 bits per heavy atom. The molecule has 0 unspecified atom stereocenters. The molecule has 1 aliphatic rings. The van der Waals surface area contributed by atoms with Gasteiger partial charge >= 0.3 is 0 Å². The summed E-state index contributed by atoms with van der Waals surface area (Å²) in [6.07, 6.45) is 1.74. The van der Waals surface area contributed by atoms with Crippen LogP contribution in [0, 0.1) is 10.1 Å². The van der Waals surface area contributed by atoms with Crippen LogP contribution in [0.1, 0.15) is 11.1 Å². The topological polar surface area (TPSA) is 80.5 Å². The monoisotopic (exact) mass is 390 g/mol. The third kappa shape index (κ3) is 3.39. The predicted molar refractivity (Wildman–Crippen MR) is 109 cm³/mol. The maximum absolute atomic E-state index is 12.7. The second kappa shape index (κ2) is 7.28. The molecule has 1 aliphatic heterocycles. The number of fused-ring (bicyclic) bond motifs is 1. The van der Waals surface area contributed by atoms with E-state index >= 15 is 0 Å². The molecule has 0 spiro atoms. The number of carbonyl (C=O) groups is 2. The summed E-state index contributed by atoms with van der Waals surface area (Å²) in [6, 6.07) is 19.5. The van der Waals surface area contributed by atoms with E-state index in [1.807, 2.05) is 42.5 Å². The number of hydrogen-bond donors (Lipinski definition) is 0. The van der Waals surface area contributed by atoms with Crippen LogP contribution in [0.25, 0.3) is 16.8 Å². The second-order valence-electron chi connectivity index (χ2n) is 6.26. The summed E-state index contributed by atoms with van der Waals surface area (Å²) in [7, 11) is 0. The van der Waals surface area contributed by atoms with Crippen molar-refractivity contribution in [3.8, 4) is 0 Å². The van der Waals surface area contributed by atoms with Crippen LogP contribution in [0.3, 0.4) is 0 Å². The highest BCUT2D eigenvalue weighted by Crippen LogP contribution is 2.34. The minimum absolute atomic E-state index is 0.0336. The normalized spacial score (nSPS) is 15.6. The molecule has 0 bridgehead atoms. The summed E-state index contributed by atoms with van der Waals surface area (Å²) < 4.78 is 0. The van der Waals surface area contributed by atoms with Crippen LogP contribution in [0.15, 0.2) is 71.6 Å². The summed E-state index contributed by atoms with van der Waals surface area (Å²) in [6.45, 7) is 0.0789. The molecule has 1 saturated heterocycles. The first-order chi connectivity index (χ1) is 13.5. The smallest absolute Gasteiger partial charge is 0.268 e. The molecule has 0 radical (unpaired) electrons. The molecule has 6 nitrogen and oxygen atoms in total. The Balaban J connectivity index is 1.60. The fourth-order valence-corrected chi connectivity index (χ4v) is 3.89. The van der Waals surface area contributed by atoms with Gasteiger partial charge < -0.3 is 0 Å². The van der Waals surface area contributed by atoms with Crippen molar-refractivity contribution < 1.29 is 14.5 Å². The average Bonchev–Trinajstić information content (AvgIpc) is 2.96. The van der Waals surface area contributed by atoms with Gasteiger partial charge in [-0.15, -0.1) is 0 Å². The quantitative estimate of drug-likeness (QED) is 0.356. The molecule has 1 fully saturated rings. The molecule has 2 amide bonds. The van der Waals surface area contributed by atoms with E-state index in [0.717, 1.165) is 33.0 Å². The van der Waals surface area contributed by atoms with E-state index in [0.29, 0.717) is 10.5 Å². The highest BCUT2D eigenvalue weighted by atomic mass is 32.2. The Hall–Kier alpha value is -3.45. The fourth-order valence-electron chi connectivity index (χ4n) is 3.06. The number of amides is 2. The summed E-state index contributed by atoms with van der Waals surface area (Å²) in [5.74, 6) is -0.360. The number of carbonyl (C=O) groups excluding carboxylic acids is 2. The first-order valence-electron chi connectivity index (χ1n) is 8.49. The molecular weight excluding hydrogens is 376 g/mol. The Morgan fingerprint density at radius 1 is 0.964 bits per heavy atom. The average molecular weight is 390 g/mol. The molecule has 3 aromatic rings. The van der Waals surface area contributed by atoms with Crippen LogP contribution in [-0.4, -0.2) is 21.0 Å². The van der Waals surface area contributed by atoms with E-state index in [9.17, 15) is 19.7 Å². The van der Waals surface area contributed by atoms with E-state index in [2.05, 4.69) is 0 Å². The Kier molecular flexibility index (Phi) is 4.67. The van der Waals surface area contributed by atoms with Gasteiger partial charge in [0, 0.05) is 12.1 Å². The van der Waals surface area contributed by atoms with Gasteiger partial charge in [-0.25, -0.2) is 0 Å². The van der Waals surface area contributed by atoms with Gasteiger partial charge in [0.05, 0.1) is 16.4 Å². The lowest BCUT2D eigenvalue weighted by Gasteiger charge is -2.12. The molecule has 0 aromatic heterocycles. The lowest BCUT2D eigenvalue weighted by atomic mass is 10.0. The standard InChI is InChI=1S/C21H14N2O4S/c24-20-19(12-16-6-3-5-15-4-1-2-7-18(15)16)28-21(25)22(20)13-14-8-10-17(11-9-14)23(26)27/h1-12H,13H2/b19-12+. The highest BCUT2D eigenvalue weighted by Gasteiger charge is 2.35. The van der Waals surface area contributed by atoms with Gasteiger partial charge in [0.25, 0.3) is 16.8 Å². The lowest BCUT2D eigenvalue weighted by molar-refractivity contribution is -0.384. The van der Waals surface area contributed by atoms with Crippen molar-refractivity contribution in [2.45, 2.75) is 6.54 Å². The van der Waals surface area contributed by atoms with E-state index in [4.69, 9.17) is 0 Å². The SMILES string of the molecule is O=C1S/C(=C/c2cccc3ccccc23)C(=O)N1Cc1ccc([N+](=O)[O-])cc1. The van der Waals surface area contributed by atoms with E-state index in [-0.39, 0.29) is 23.4 Å². The maximum atomic E-state index is 12.7. The van der Waals surface area contributed by atoms with Crippen LogP contribution in [0.5, 0.6) is 0 Å². The molecule has 3 aromatic carbocycles. The van der Waals surface area contributed by atoms with Gasteiger partial charge in [-0.05, 0) is 39.7 Å². The second-order valence-corrected chi connectivity index (χ2v) is 7.25. The molecule has 7 heteroatoms. The van der Waals surface area contributed by atoms with Crippen molar-refractivity contribution in [3.63, 3.8) is 0 Å². The zero-order valence-corrected chi connectivity index (χ0v) is 15.4. The molecule has 0 saturated carbocycles. The summed E-state index contributed by atoms with van der Waals surface area (Å²) in [4.78, 5) is 36.9. The van der Waals surface area contributed by atoms with Crippen molar-refractivity contribution in [1.29, 1.82) is 0 Å². The minimum atomic E-state index is -0.489. The Labute approximate surface area is 164 Å². The van der Waals surface area contributed by atoms with Gasteiger partial charge in [0.15, 0.2) is 0 Å². The van der Waals surface area contributed by atoms with Crippen LogP contribution in [0.4, 0.5) is 10.5 Å². The van der Waals surface area contributed by atoms with Crippen LogP contribution >= 0.6 is 11.8 Å². The number of hydrogen-bond acceptors (Lipinski definition) is 5. The fraction of sp³-hybridized carbons (Fsp3) is 0.0476. The number of nitro groups is 1. The van der Waals surface area contributed by atoms with Crippen LogP contribution in [0.2, 0.25) is 0 Å². The number of imide groups is 1. The Bertz CT molecular complexity index is 1130. The first kappa shape index (κ1) is 17.9. The molecule has 0 atom stereocenters. The molecule has 4 rings (SSSR count). The first-order valence-corrected chi connectivity index (χ1v) is 9.31. The lowest BCUT2D eigenvalue weighted by Crippen LogP contribution is -2.27. The summed E-state index contributed by atoms with van der Waals surface area (Å²) in [5, 5.41) is 12.5. The molecular formula is C21H14N2O4S. The van der Waals surface area contributed by atoms with Gasteiger partial charge in [-0.2, -0.15) is 0 Å². The highest BCUT2D eigenvalue weighted by molar-refractivity contribution is 8.18. The maximum Gasteiger partial charge on any atom is 0.293 e. The van der Waals surface area contributed by atoms with Crippen molar-refractivity contribution >= 4 is 45.4 Å². The summed E-state index contributed by atoms with van der Waals surface area (Å²) in [5.41, 5.74) is 1.49. The van der Waals surface area contributed by atoms with E-state index < -0.39 is 4.92 Å². The predicted octanol–water partition coefficient (Wildman–Crippen LogP) is 4.98. The van der Waals surface area contributed by atoms with Gasteiger partial charge in [0.1, 0.15) is 0 Å². The van der Waals surface area contributed by atoms with Crippen molar-refractivity contribution in [2.24, 2.45) is 0 Å². The van der Waals surface area contributed by atoms with Gasteiger partial charge in [-0.1, -0.05) is 54.6 Å². The number of rotatable bonds is 4. The van der Waals surface area contributed by atoms with E-state index in [1.54, 1.807) is 18.2 Å². The molecule has 1 heterocycles. The van der Waals surface area contributed by atoms with Crippen LogP contribution in [-0.2, 0) is 11.3 Å². The molecule has 0 N–H and O–H groups in total. The largest absolute Gasteiger partial charge is 0.293 e. The van der Waals surface area contributed by atoms with Crippen molar-refractivity contribution in [3.05, 3.63) is 92.9 Å². The van der Waals surface area contributed by atoms with E-state index in [1.165, 1.54) is 12.1 Å². The van der Waals surface area contributed by atoms with Crippen molar-refractivity contribution in [2.75, 3.05) is 0 Å². The van der Waals surface area contributed by atoms with Gasteiger partial charge in [0.2, 0.25) is 0 Å². The third-order valence-electron chi connectivity index (χ3n) is 4.47. The van der Waals surface area contributed by atoms with Crippen molar-refractivity contribution in [1.82, 2.24) is 4.90 Å². The zero-order valence-electron chi connectivity index (χ0n) is 14.6. The minimum Gasteiger partial charge on any atom is -0.268 e. The number of thioether (sulfide) groups is 1. The molecule has 138 valence electrons. The summed E-state index contributed by atoms with van der Waals surface area (Å²) >= 11 is 0.903.